The van der Waals surface area contributed by atoms with Gasteiger partial charge in [0.15, 0.2) is 10.6 Å². The van der Waals surface area contributed by atoms with Gasteiger partial charge in [0, 0.05) is 47.4 Å². The maximum absolute atomic E-state index is 15.1. The molecule has 10 nitrogen and oxygen atoms in total. The zero-order valence-corrected chi connectivity index (χ0v) is 34.8. The van der Waals surface area contributed by atoms with E-state index in [9.17, 15) is 40.2 Å². The first kappa shape index (κ1) is 43.8. The number of para-hydroxylation sites is 1. The fourth-order valence-electron chi connectivity index (χ4n) is 7.68. The maximum atomic E-state index is 15.1. The van der Waals surface area contributed by atoms with E-state index in [1.54, 1.807) is 38.1 Å². The summed E-state index contributed by atoms with van der Waals surface area (Å²) in [6.07, 6.45) is -4.62. The molecule has 2 saturated carbocycles. The first-order chi connectivity index (χ1) is 29.4. The van der Waals surface area contributed by atoms with Crippen molar-refractivity contribution in [2.24, 2.45) is 0 Å². The third-order valence-electron chi connectivity index (χ3n) is 10.8. The Hall–Kier alpha value is -4.84. The number of nitrogens with zero attached hydrogens (tertiary/aromatic N) is 5. The third-order valence-corrected chi connectivity index (χ3v) is 14.4. The highest BCUT2D eigenvalue weighted by molar-refractivity contribution is 7.94. The highest BCUT2D eigenvalue weighted by Gasteiger charge is 2.47. The number of rotatable bonds is 15. The predicted molar refractivity (Wildman–Crippen MR) is 216 cm³/mol. The summed E-state index contributed by atoms with van der Waals surface area (Å²) in [4.78, 5) is 18.8. The smallest absolute Gasteiger partial charge is 0.290 e. The average molecular weight is 906 g/mol. The second kappa shape index (κ2) is 17.0. The lowest BCUT2D eigenvalue weighted by atomic mass is 9.93. The molecule has 20 heteroatoms. The molecule has 2 N–H and O–H groups in total. The van der Waals surface area contributed by atoms with E-state index in [0.717, 1.165) is 29.7 Å². The van der Waals surface area contributed by atoms with Crippen LogP contribution in [0.4, 0.5) is 40.9 Å². The van der Waals surface area contributed by atoms with E-state index in [1.165, 1.54) is 6.07 Å². The van der Waals surface area contributed by atoms with Crippen molar-refractivity contribution >= 4 is 45.2 Å². The van der Waals surface area contributed by atoms with Gasteiger partial charge in [-0.3, -0.25) is 14.2 Å². The van der Waals surface area contributed by atoms with Gasteiger partial charge in [-0.25, -0.2) is 31.3 Å². The van der Waals surface area contributed by atoms with Crippen molar-refractivity contribution in [1.29, 1.82) is 0 Å². The molecule has 328 valence electrons. The number of alkyl halides is 6. The minimum Gasteiger partial charge on any atom is -0.615 e. The Morgan fingerprint density at radius 1 is 0.952 bits per heavy atom. The number of halogens is 8. The maximum Gasteiger partial charge on any atom is 0.290 e. The van der Waals surface area contributed by atoms with Gasteiger partial charge < -0.3 is 14.4 Å². The van der Waals surface area contributed by atoms with Crippen LogP contribution in [0.25, 0.3) is 22.0 Å². The predicted octanol–water partition coefficient (Wildman–Crippen LogP) is 8.19. The number of pyridine rings is 1. The molecule has 1 amide bonds. The van der Waals surface area contributed by atoms with Crippen LogP contribution in [-0.2, 0) is 59.2 Å². The van der Waals surface area contributed by atoms with Crippen molar-refractivity contribution < 1.29 is 49.0 Å². The summed E-state index contributed by atoms with van der Waals surface area (Å²) < 4.78 is 145. The molecule has 3 aliphatic rings. The fraction of sp³-hybridized carbons (Fsp3) is 0.429. The molecule has 0 radical (unpaired) electrons. The van der Waals surface area contributed by atoms with Crippen LogP contribution in [0.5, 0.6) is 0 Å². The quantitative estimate of drug-likeness (QED) is 0.0615. The Morgan fingerprint density at radius 3 is 2.32 bits per heavy atom. The van der Waals surface area contributed by atoms with Crippen molar-refractivity contribution in [3.63, 3.8) is 0 Å². The number of aromatic nitrogens is 5. The van der Waals surface area contributed by atoms with Crippen molar-refractivity contribution in [2.45, 2.75) is 112 Å². The first-order valence-electron chi connectivity index (χ1n) is 19.8. The van der Waals surface area contributed by atoms with E-state index in [-0.39, 0.29) is 68.3 Å². The summed E-state index contributed by atoms with van der Waals surface area (Å²) in [6, 6.07) is 9.09. The van der Waals surface area contributed by atoms with Crippen LogP contribution in [0.1, 0.15) is 92.3 Å². The van der Waals surface area contributed by atoms with Crippen LogP contribution < -0.4 is 10.0 Å². The molecule has 62 heavy (non-hydrogen) atoms. The van der Waals surface area contributed by atoms with E-state index >= 15 is 8.78 Å². The number of fused-ring (bicyclic) bond motifs is 2. The molecule has 3 heterocycles. The van der Waals surface area contributed by atoms with Crippen LogP contribution >= 0.6 is 0 Å². The van der Waals surface area contributed by atoms with Crippen LogP contribution in [0.3, 0.4) is 0 Å². The van der Waals surface area contributed by atoms with Crippen molar-refractivity contribution in [1.82, 2.24) is 29.9 Å². The zero-order chi connectivity index (χ0) is 44.2. The van der Waals surface area contributed by atoms with Gasteiger partial charge in [-0.05, 0) is 98.4 Å². The standard InChI is InChI=1S/C42H39F8N7O3S2/c1-41(2,61(59)26-7-8-26)14-12-25-6-11-28(29-4-3-5-31-37(29)56(20-33(45)46)54-40(31)55-62(60)27-9-10-27)35(51-25)32(18-22-16-23(43)19-24(44)17-22)52-34(58)21-57-38-30(13-15-42(38,49)50)36(53-57)39(47)48/h3-6,11,16-17,19,26-27,32-33,39H,7-10,13,15,18,20-21H2,1-2H3,(H,52,58)(H,54,55). The fourth-order valence-corrected chi connectivity index (χ4v) is 10.3. The highest BCUT2D eigenvalue weighted by Crippen LogP contribution is 2.45. The van der Waals surface area contributed by atoms with Gasteiger partial charge in [-0.1, -0.05) is 12.1 Å². The molecule has 0 saturated heterocycles. The van der Waals surface area contributed by atoms with E-state index in [2.05, 4.69) is 32.1 Å². The summed E-state index contributed by atoms with van der Waals surface area (Å²) in [5.74, 6) is -0.448. The Bertz CT molecular complexity index is 2570. The van der Waals surface area contributed by atoms with E-state index in [4.69, 9.17) is 4.98 Å². The van der Waals surface area contributed by atoms with E-state index in [0.29, 0.717) is 29.0 Å². The van der Waals surface area contributed by atoms with Gasteiger partial charge in [0.2, 0.25) is 5.91 Å². The van der Waals surface area contributed by atoms with E-state index < -0.39 is 101 Å². The first-order valence-corrected chi connectivity index (χ1v) is 22.2. The van der Waals surface area contributed by atoms with Crippen LogP contribution in [0.15, 0.2) is 48.5 Å². The Morgan fingerprint density at radius 2 is 1.66 bits per heavy atom. The van der Waals surface area contributed by atoms with Crippen molar-refractivity contribution in [3.8, 4) is 23.0 Å². The Labute approximate surface area is 356 Å². The summed E-state index contributed by atoms with van der Waals surface area (Å²) in [5.41, 5.74) is -1.37. The highest BCUT2D eigenvalue weighted by atomic mass is 32.2. The molecule has 3 aliphatic carbocycles. The number of hydrogen-bond acceptors (Lipinski definition) is 7. The van der Waals surface area contributed by atoms with Crippen molar-refractivity contribution in [3.05, 3.63) is 94.1 Å². The van der Waals surface area contributed by atoms with E-state index in [1.807, 2.05) is 0 Å². The molecule has 0 spiro atoms. The zero-order valence-electron chi connectivity index (χ0n) is 33.2. The topological polar surface area (TPSA) is 136 Å². The molecule has 0 aliphatic heterocycles. The second-order valence-electron chi connectivity index (χ2n) is 16.1. The summed E-state index contributed by atoms with van der Waals surface area (Å²) >= 11 is -2.89. The van der Waals surface area contributed by atoms with Gasteiger partial charge in [0.25, 0.3) is 18.8 Å². The number of carbonyl (C=O) groups excluding carboxylic acids is 1. The monoisotopic (exact) mass is 905 g/mol. The third kappa shape index (κ3) is 9.26. The molecule has 0 bridgehead atoms. The molecule has 2 aromatic carbocycles. The van der Waals surface area contributed by atoms with Gasteiger partial charge in [-0.15, -0.1) is 5.10 Å². The number of nitrogens with one attached hydrogen (secondary N) is 2. The number of anilines is 1. The number of carbonyl (C=O) groups is 1. The summed E-state index contributed by atoms with van der Waals surface area (Å²) in [6.45, 7) is 1.59. The molecule has 5 aromatic rings. The Kier molecular flexibility index (Phi) is 12.0. The number of benzene rings is 2. The lowest BCUT2D eigenvalue weighted by molar-refractivity contribution is -0.122. The van der Waals surface area contributed by atoms with Crippen LogP contribution in [-0.4, -0.2) is 61.2 Å². The van der Waals surface area contributed by atoms with Gasteiger partial charge >= 0.3 is 0 Å². The molecule has 2 fully saturated rings. The second-order valence-corrected chi connectivity index (χ2v) is 19.8. The molecule has 3 atom stereocenters. The van der Waals surface area contributed by atoms with Crippen molar-refractivity contribution in [2.75, 3.05) is 4.72 Å². The number of hydrogen-bond donors (Lipinski definition) is 2. The molecular weight excluding hydrogens is 867 g/mol. The largest absolute Gasteiger partial charge is 0.615 e. The minimum atomic E-state index is -3.56. The average Bonchev–Trinajstić information content (AvgIpc) is 4.13. The lowest BCUT2D eigenvalue weighted by Gasteiger charge is -2.24. The SMILES string of the molecule is CC(C)(C#Cc1ccc(-c2cccc3c(N[S+]([O-])C4CC4)nn(CC(F)F)c23)c(C(Cc2cc(F)cc(F)c2)NC(=O)Cn2nc(C(F)F)c3c2C(F)(F)CC3)n1)[S+]([O-])C1CC1. The van der Waals surface area contributed by atoms with Gasteiger partial charge in [-0.2, -0.15) is 18.6 Å². The lowest BCUT2D eigenvalue weighted by Crippen LogP contribution is -2.35. The summed E-state index contributed by atoms with van der Waals surface area (Å²) in [5, 5.41) is 10.9. The molecular formula is C42H39F8N7O3S2. The molecule has 3 unspecified atom stereocenters. The van der Waals surface area contributed by atoms with Gasteiger partial charge in [0.1, 0.15) is 52.3 Å². The van der Waals surface area contributed by atoms with Crippen LogP contribution in [0, 0.1) is 23.5 Å². The minimum absolute atomic E-state index is 0.0103. The van der Waals surface area contributed by atoms with Gasteiger partial charge in [0.05, 0.1) is 28.6 Å². The Balaban J connectivity index is 1.28. The molecule has 3 aromatic heterocycles. The normalized spacial score (nSPS) is 17.5. The molecule has 8 rings (SSSR count). The van der Waals surface area contributed by atoms with Crippen LogP contribution in [0.2, 0.25) is 0 Å². The number of amides is 1. The summed E-state index contributed by atoms with van der Waals surface area (Å²) in [7, 11) is 0.